The van der Waals surface area contributed by atoms with E-state index < -0.39 is 0 Å². The molecule has 7 heteroatoms. The maximum atomic E-state index is 13.4. The highest BCUT2D eigenvalue weighted by atomic mass is 32.2. The topological polar surface area (TPSA) is 64.0 Å². The first-order chi connectivity index (χ1) is 14.9. The van der Waals surface area contributed by atoms with Crippen molar-refractivity contribution in [1.82, 2.24) is 14.9 Å². The molecule has 1 saturated carbocycles. The third-order valence-corrected chi connectivity index (χ3v) is 7.15. The lowest BCUT2D eigenvalue weighted by Gasteiger charge is -2.34. The molecule has 1 aliphatic rings. The van der Waals surface area contributed by atoms with E-state index in [-0.39, 0.29) is 29.1 Å². The fourth-order valence-electron chi connectivity index (χ4n) is 4.19. The Kier molecular flexibility index (Phi) is 6.41. The molecule has 5 nitrogen and oxygen atoms in total. The van der Waals surface area contributed by atoms with Crippen LogP contribution in [-0.4, -0.2) is 27.3 Å². The van der Waals surface area contributed by atoms with Crippen LogP contribution in [0.4, 0.5) is 4.39 Å². The zero-order valence-electron chi connectivity index (χ0n) is 17.7. The normalized spacial score (nSPS) is 21.2. The summed E-state index contributed by atoms with van der Waals surface area (Å²) in [6.07, 6.45) is 3.32. The third kappa shape index (κ3) is 4.66. The molecule has 1 fully saturated rings. The van der Waals surface area contributed by atoms with E-state index in [0.29, 0.717) is 33.6 Å². The van der Waals surface area contributed by atoms with Crippen LogP contribution in [0, 0.1) is 17.7 Å². The van der Waals surface area contributed by atoms with Gasteiger partial charge in [-0.2, -0.15) is 0 Å². The molecule has 3 atom stereocenters. The number of carbonyl (C=O) groups is 1. The lowest BCUT2D eigenvalue weighted by atomic mass is 9.78. The first-order valence-corrected chi connectivity index (χ1v) is 11.6. The molecule has 3 aromatic rings. The average Bonchev–Trinajstić information content (AvgIpc) is 2.76. The Morgan fingerprint density at radius 3 is 2.68 bits per heavy atom. The Balaban J connectivity index is 1.60. The summed E-state index contributed by atoms with van der Waals surface area (Å²) in [7, 11) is 0. The molecule has 0 saturated heterocycles. The van der Waals surface area contributed by atoms with Gasteiger partial charge in [-0.05, 0) is 54.7 Å². The van der Waals surface area contributed by atoms with Gasteiger partial charge in [0.25, 0.3) is 5.56 Å². The number of para-hydroxylation sites is 1. The predicted octanol–water partition coefficient (Wildman–Crippen LogP) is 4.56. The second kappa shape index (κ2) is 9.22. The van der Waals surface area contributed by atoms with Crippen LogP contribution < -0.4 is 10.9 Å². The summed E-state index contributed by atoms with van der Waals surface area (Å²) in [5, 5.41) is 4.05. The van der Waals surface area contributed by atoms with Gasteiger partial charge in [-0.1, -0.05) is 50.6 Å². The number of aromatic nitrogens is 2. The lowest BCUT2D eigenvalue weighted by molar-refractivity contribution is -0.120. The molecule has 4 rings (SSSR count). The minimum absolute atomic E-state index is 0.0657. The Bertz CT molecular complexity index is 1150. The van der Waals surface area contributed by atoms with Gasteiger partial charge in [0.05, 0.1) is 22.3 Å². The smallest absolute Gasteiger partial charge is 0.266 e. The minimum Gasteiger partial charge on any atom is -0.352 e. The molecule has 1 aliphatic carbocycles. The molecule has 0 radical (unpaired) electrons. The number of carbonyl (C=O) groups excluding carboxylic acids is 1. The van der Waals surface area contributed by atoms with Gasteiger partial charge in [0.2, 0.25) is 5.91 Å². The van der Waals surface area contributed by atoms with Crippen LogP contribution in [0.3, 0.4) is 0 Å². The first-order valence-electron chi connectivity index (χ1n) is 10.6. The van der Waals surface area contributed by atoms with E-state index in [4.69, 9.17) is 0 Å². The minimum atomic E-state index is -0.380. The van der Waals surface area contributed by atoms with Gasteiger partial charge in [0, 0.05) is 6.04 Å². The lowest BCUT2D eigenvalue weighted by Crippen LogP contribution is -2.44. The number of nitrogens with one attached hydrogen (secondary N) is 1. The van der Waals surface area contributed by atoms with Crippen LogP contribution in [0.15, 0.2) is 58.5 Å². The number of fused-ring (bicyclic) bond motifs is 1. The molecule has 2 aromatic carbocycles. The first kappa shape index (κ1) is 21.6. The maximum absolute atomic E-state index is 13.4. The molecule has 1 N–H and O–H groups in total. The molecule has 1 amide bonds. The van der Waals surface area contributed by atoms with Crippen LogP contribution in [0.25, 0.3) is 16.6 Å². The fraction of sp³-hybridized carbons (Fsp3) is 0.375. The fourth-order valence-corrected chi connectivity index (χ4v) is 5.02. The highest BCUT2D eigenvalue weighted by Gasteiger charge is 2.28. The Labute approximate surface area is 185 Å². The summed E-state index contributed by atoms with van der Waals surface area (Å²) in [5.74, 6) is 0.749. The highest BCUT2D eigenvalue weighted by molar-refractivity contribution is 7.99. The monoisotopic (exact) mass is 439 g/mol. The molecule has 0 spiro atoms. The number of hydrogen-bond acceptors (Lipinski definition) is 4. The molecule has 0 bridgehead atoms. The van der Waals surface area contributed by atoms with Gasteiger partial charge in [-0.15, -0.1) is 0 Å². The summed E-state index contributed by atoms with van der Waals surface area (Å²) in [6.45, 7) is 4.43. The molecular weight excluding hydrogens is 413 g/mol. The molecule has 31 heavy (non-hydrogen) atoms. The van der Waals surface area contributed by atoms with E-state index in [9.17, 15) is 14.0 Å². The van der Waals surface area contributed by atoms with E-state index in [1.54, 1.807) is 30.3 Å². The van der Waals surface area contributed by atoms with Gasteiger partial charge < -0.3 is 5.32 Å². The Hall–Kier alpha value is -2.67. The van der Waals surface area contributed by atoms with Crippen molar-refractivity contribution in [2.24, 2.45) is 11.8 Å². The van der Waals surface area contributed by atoms with Crippen molar-refractivity contribution in [3.63, 3.8) is 0 Å². The zero-order valence-corrected chi connectivity index (χ0v) is 18.5. The number of thioether (sulfide) groups is 1. The van der Waals surface area contributed by atoms with Gasteiger partial charge >= 0.3 is 0 Å². The number of benzene rings is 2. The number of halogens is 1. The van der Waals surface area contributed by atoms with E-state index in [2.05, 4.69) is 24.1 Å². The summed E-state index contributed by atoms with van der Waals surface area (Å²) in [6, 6.07) is 13.0. The quantitative estimate of drug-likeness (QED) is 0.468. The number of nitrogens with zero attached hydrogens (tertiary/aromatic N) is 2. The SMILES string of the molecule is CC1CCCC(NC(=O)CSc2nc3ccccc3c(=O)n2-c2ccc(F)cc2)C1C. The van der Waals surface area contributed by atoms with Crippen LogP contribution >= 0.6 is 11.8 Å². The number of rotatable bonds is 5. The summed E-state index contributed by atoms with van der Waals surface area (Å²) in [4.78, 5) is 30.5. The van der Waals surface area contributed by atoms with Crippen LogP contribution in [0.5, 0.6) is 0 Å². The third-order valence-electron chi connectivity index (χ3n) is 6.22. The van der Waals surface area contributed by atoms with Gasteiger partial charge in [-0.3, -0.25) is 14.2 Å². The molecule has 3 unspecified atom stereocenters. The largest absolute Gasteiger partial charge is 0.352 e. The van der Waals surface area contributed by atoms with Gasteiger partial charge in [0.15, 0.2) is 5.16 Å². The summed E-state index contributed by atoms with van der Waals surface area (Å²) in [5.41, 5.74) is 0.848. The van der Waals surface area contributed by atoms with Crippen molar-refractivity contribution >= 4 is 28.6 Å². The van der Waals surface area contributed by atoms with E-state index in [1.165, 1.54) is 34.9 Å². The predicted molar refractivity (Wildman–Crippen MR) is 122 cm³/mol. The van der Waals surface area contributed by atoms with E-state index in [0.717, 1.165) is 12.8 Å². The maximum Gasteiger partial charge on any atom is 0.266 e. The molecule has 162 valence electrons. The van der Waals surface area contributed by atoms with Gasteiger partial charge in [0.1, 0.15) is 5.82 Å². The van der Waals surface area contributed by atoms with Crippen molar-refractivity contribution in [3.05, 3.63) is 64.7 Å². The van der Waals surface area contributed by atoms with E-state index in [1.807, 2.05) is 6.07 Å². The Morgan fingerprint density at radius 1 is 1.16 bits per heavy atom. The van der Waals surface area contributed by atoms with E-state index >= 15 is 0 Å². The summed E-state index contributed by atoms with van der Waals surface area (Å²) < 4.78 is 14.9. The molecule has 1 aromatic heterocycles. The molecular formula is C24H26FN3O2S. The van der Waals surface area contributed by atoms with Crippen molar-refractivity contribution in [3.8, 4) is 5.69 Å². The van der Waals surface area contributed by atoms with Crippen molar-refractivity contribution < 1.29 is 9.18 Å². The van der Waals surface area contributed by atoms with Crippen molar-refractivity contribution in [1.29, 1.82) is 0 Å². The average molecular weight is 440 g/mol. The standard InChI is InChI=1S/C24H26FN3O2S/c1-15-6-5-9-20(16(15)2)26-22(29)14-31-24-27-21-8-4-3-7-19(21)23(30)28(24)18-12-10-17(25)11-13-18/h3-4,7-8,10-13,15-16,20H,5-6,9,14H2,1-2H3,(H,26,29). The zero-order chi connectivity index (χ0) is 22.0. The van der Waals surface area contributed by atoms with Crippen LogP contribution in [0.1, 0.15) is 33.1 Å². The van der Waals surface area contributed by atoms with Crippen molar-refractivity contribution in [2.75, 3.05) is 5.75 Å². The summed E-state index contributed by atoms with van der Waals surface area (Å²) >= 11 is 1.22. The van der Waals surface area contributed by atoms with Gasteiger partial charge in [-0.25, -0.2) is 9.37 Å². The molecule has 0 aliphatic heterocycles. The molecule has 1 heterocycles. The van der Waals surface area contributed by atoms with Crippen LogP contribution in [0.2, 0.25) is 0 Å². The second-order valence-corrected chi connectivity index (χ2v) is 9.20. The van der Waals surface area contributed by atoms with Crippen LogP contribution in [-0.2, 0) is 4.79 Å². The number of hydrogen-bond donors (Lipinski definition) is 1. The highest BCUT2D eigenvalue weighted by Crippen LogP contribution is 2.29. The second-order valence-electron chi connectivity index (χ2n) is 8.26. The number of amides is 1. The Morgan fingerprint density at radius 2 is 1.90 bits per heavy atom. The van der Waals surface area contributed by atoms with Crippen molar-refractivity contribution in [2.45, 2.75) is 44.3 Å².